The minimum absolute atomic E-state index is 0.221. The van der Waals surface area contributed by atoms with E-state index in [1.807, 2.05) is 0 Å². The smallest absolute Gasteiger partial charge is 0.337 e. The van der Waals surface area contributed by atoms with E-state index in [2.05, 4.69) is 0 Å². The van der Waals surface area contributed by atoms with E-state index < -0.39 is 12.1 Å². The third kappa shape index (κ3) is 2.60. The standard InChI is InChI=1S/C10H12O5/c1-14-7-3-6(9(11)10(12)13)4-8(5-7)15-2/h3-5,9,11H,1-2H3,(H,12,13)/t9-/m0/s1. The van der Waals surface area contributed by atoms with Gasteiger partial charge in [-0.2, -0.15) is 0 Å². The Kier molecular flexibility index (Phi) is 3.51. The topological polar surface area (TPSA) is 76.0 Å². The van der Waals surface area contributed by atoms with Crippen LogP contribution < -0.4 is 9.47 Å². The molecule has 5 heteroatoms. The second-order valence-corrected chi connectivity index (χ2v) is 2.89. The van der Waals surface area contributed by atoms with Crippen LogP contribution in [0.25, 0.3) is 0 Å². The molecule has 82 valence electrons. The lowest BCUT2D eigenvalue weighted by Gasteiger charge is -2.10. The second kappa shape index (κ2) is 4.65. The number of carboxylic acid groups (broad SMARTS) is 1. The molecule has 0 aromatic heterocycles. The van der Waals surface area contributed by atoms with Crippen LogP contribution in [-0.2, 0) is 4.79 Å². The van der Waals surface area contributed by atoms with Crippen molar-refractivity contribution in [2.45, 2.75) is 6.10 Å². The Morgan fingerprint density at radius 1 is 1.20 bits per heavy atom. The third-order valence-electron chi connectivity index (χ3n) is 1.92. The molecule has 0 bridgehead atoms. The van der Waals surface area contributed by atoms with Crippen molar-refractivity contribution < 1.29 is 24.5 Å². The van der Waals surface area contributed by atoms with E-state index in [0.717, 1.165) is 0 Å². The van der Waals surface area contributed by atoms with Gasteiger partial charge in [-0.15, -0.1) is 0 Å². The fourth-order valence-corrected chi connectivity index (χ4v) is 1.13. The predicted molar refractivity (Wildman–Crippen MR) is 52.1 cm³/mol. The molecule has 1 rings (SSSR count). The summed E-state index contributed by atoms with van der Waals surface area (Å²) in [5.41, 5.74) is 0.221. The molecule has 0 amide bonds. The highest BCUT2D eigenvalue weighted by atomic mass is 16.5. The number of aliphatic hydroxyl groups is 1. The Labute approximate surface area is 86.9 Å². The van der Waals surface area contributed by atoms with Crippen molar-refractivity contribution in [1.82, 2.24) is 0 Å². The number of carboxylic acids is 1. The molecule has 0 fully saturated rings. The van der Waals surface area contributed by atoms with Gasteiger partial charge in [0.15, 0.2) is 6.10 Å². The Morgan fingerprint density at radius 2 is 1.67 bits per heavy atom. The average Bonchev–Trinajstić information content (AvgIpc) is 2.27. The highest BCUT2D eigenvalue weighted by Crippen LogP contribution is 2.26. The molecule has 1 aromatic rings. The lowest BCUT2D eigenvalue weighted by molar-refractivity contribution is -0.146. The highest BCUT2D eigenvalue weighted by molar-refractivity contribution is 5.74. The molecule has 0 aliphatic rings. The summed E-state index contributed by atoms with van der Waals surface area (Å²) < 4.78 is 9.89. The molecule has 1 atom stereocenters. The van der Waals surface area contributed by atoms with Gasteiger partial charge in [0.2, 0.25) is 0 Å². The number of hydrogen-bond donors (Lipinski definition) is 2. The van der Waals surface area contributed by atoms with Crippen molar-refractivity contribution in [3.63, 3.8) is 0 Å². The number of hydrogen-bond acceptors (Lipinski definition) is 4. The van der Waals surface area contributed by atoms with Crippen molar-refractivity contribution in [2.24, 2.45) is 0 Å². The molecule has 0 saturated heterocycles. The van der Waals surface area contributed by atoms with E-state index in [0.29, 0.717) is 11.5 Å². The zero-order valence-corrected chi connectivity index (χ0v) is 8.43. The number of rotatable bonds is 4. The SMILES string of the molecule is COc1cc(OC)cc([C@H](O)C(=O)O)c1. The highest BCUT2D eigenvalue weighted by Gasteiger charge is 2.17. The van der Waals surface area contributed by atoms with Crippen LogP contribution in [0.4, 0.5) is 0 Å². The average molecular weight is 212 g/mol. The summed E-state index contributed by atoms with van der Waals surface area (Å²) in [5, 5.41) is 18.0. The number of ether oxygens (including phenoxy) is 2. The third-order valence-corrected chi connectivity index (χ3v) is 1.92. The lowest BCUT2D eigenvalue weighted by Crippen LogP contribution is -2.10. The monoisotopic (exact) mass is 212 g/mol. The molecular weight excluding hydrogens is 200 g/mol. The summed E-state index contributed by atoms with van der Waals surface area (Å²) in [6.07, 6.45) is -1.58. The molecule has 2 N–H and O–H groups in total. The van der Waals surface area contributed by atoms with E-state index in [1.54, 1.807) is 6.07 Å². The molecule has 15 heavy (non-hydrogen) atoms. The molecule has 0 saturated carbocycles. The molecule has 1 aromatic carbocycles. The van der Waals surface area contributed by atoms with Crippen molar-refractivity contribution in [3.8, 4) is 11.5 Å². The summed E-state index contributed by atoms with van der Waals surface area (Å²) in [5.74, 6) is -0.445. The van der Waals surface area contributed by atoms with Gasteiger partial charge >= 0.3 is 5.97 Å². The lowest BCUT2D eigenvalue weighted by atomic mass is 10.1. The normalized spacial score (nSPS) is 11.9. The summed E-state index contributed by atoms with van der Waals surface area (Å²) in [4.78, 5) is 10.6. The van der Waals surface area contributed by atoms with Gasteiger partial charge in [-0.3, -0.25) is 0 Å². The quantitative estimate of drug-likeness (QED) is 0.772. The van der Waals surface area contributed by atoms with E-state index in [4.69, 9.17) is 14.6 Å². The molecule has 0 aliphatic carbocycles. The van der Waals surface area contributed by atoms with Crippen LogP contribution in [0.5, 0.6) is 11.5 Å². The first-order valence-corrected chi connectivity index (χ1v) is 4.22. The number of aliphatic hydroxyl groups excluding tert-OH is 1. The molecule has 5 nitrogen and oxygen atoms in total. The Morgan fingerprint density at radius 3 is 2.00 bits per heavy atom. The number of carbonyl (C=O) groups is 1. The van der Waals surface area contributed by atoms with Crippen molar-refractivity contribution >= 4 is 5.97 Å². The van der Waals surface area contributed by atoms with Gasteiger partial charge < -0.3 is 19.7 Å². The Bertz CT molecular complexity index is 339. The first kappa shape index (κ1) is 11.3. The van der Waals surface area contributed by atoms with Crippen molar-refractivity contribution in [2.75, 3.05) is 14.2 Å². The maximum atomic E-state index is 10.6. The zero-order valence-electron chi connectivity index (χ0n) is 8.43. The number of benzene rings is 1. The maximum Gasteiger partial charge on any atom is 0.337 e. The van der Waals surface area contributed by atoms with Crippen LogP contribution in [0.3, 0.4) is 0 Å². The maximum absolute atomic E-state index is 10.6. The van der Waals surface area contributed by atoms with E-state index >= 15 is 0 Å². The molecule has 0 unspecified atom stereocenters. The zero-order chi connectivity index (χ0) is 11.4. The van der Waals surface area contributed by atoms with Gasteiger partial charge in [0.25, 0.3) is 0 Å². The Balaban J connectivity index is 3.11. The predicted octanol–water partition coefficient (Wildman–Crippen LogP) is 0.822. The molecule has 0 spiro atoms. The van der Waals surface area contributed by atoms with Crippen LogP contribution in [0.1, 0.15) is 11.7 Å². The van der Waals surface area contributed by atoms with Crippen LogP contribution >= 0.6 is 0 Å². The van der Waals surface area contributed by atoms with Gasteiger partial charge in [-0.1, -0.05) is 0 Å². The van der Waals surface area contributed by atoms with Crippen molar-refractivity contribution in [3.05, 3.63) is 23.8 Å². The first-order chi connectivity index (χ1) is 7.08. The summed E-state index contributed by atoms with van der Waals surface area (Å²) >= 11 is 0. The molecular formula is C10H12O5. The van der Waals surface area contributed by atoms with Crippen LogP contribution in [-0.4, -0.2) is 30.4 Å². The second-order valence-electron chi connectivity index (χ2n) is 2.89. The van der Waals surface area contributed by atoms with Gasteiger partial charge in [0, 0.05) is 6.07 Å². The number of aliphatic carboxylic acids is 1. The van der Waals surface area contributed by atoms with Gasteiger partial charge in [0.05, 0.1) is 14.2 Å². The van der Waals surface area contributed by atoms with Crippen LogP contribution in [0.2, 0.25) is 0 Å². The molecule has 0 heterocycles. The minimum Gasteiger partial charge on any atom is -0.497 e. The van der Waals surface area contributed by atoms with E-state index in [1.165, 1.54) is 26.4 Å². The molecule has 0 aliphatic heterocycles. The van der Waals surface area contributed by atoms with Crippen LogP contribution in [0.15, 0.2) is 18.2 Å². The fourth-order valence-electron chi connectivity index (χ4n) is 1.13. The fraction of sp³-hybridized carbons (Fsp3) is 0.300. The number of methoxy groups -OCH3 is 2. The summed E-state index contributed by atoms with van der Waals surface area (Å²) in [7, 11) is 2.90. The van der Waals surface area contributed by atoms with Crippen LogP contribution in [0, 0.1) is 0 Å². The van der Waals surface area contributed by atoms with Gasteiger partial charge in [-0.25, -0.2) is 4.79 Å². The van der Waals surface area contributed by atoms with Gasteiger partial charge in [0.1, 0.15) is 11.5 Å². The summed E-state index contributed by atoms with van der Waals surface area (Å²) in [6, 6.07) is 4.49. The first-order valence-electron chi connectivity index (χ1n) is 4.22. The Hall–Kier alpha value is -1.75. The molecule has 0 radical (unpaired) electrons. The van der Waals surface area contributed by atoms with Crippen molar-refractivity contribution in [1.29, 1.82) is 0 Å². The minimum atomic E-state index is -1.58. The van der Waals surface area contributed by atoms with Gasteiger partial charge in [-0.05, 0) is 17.7 Å². The van der Waals surface area contributed by atoms with E-state index in [9.17, 15) is 9.90 Å². The van der Waals surface area contributed by atoms with E-state index in [-0.39, 0.29) is 5.56 Å². The summed E-state index contributed by atoms with van der Waals surface area (Å²) in [6.45, 7) is 0. The largest absolute Gasteiger partial charge is 0.497 e.